The number of fused-ring (bicyclic) bond motifs is 1. The summed E-state index contributed by atoms with van der Waals surface area (Å²) in [6.45, 7) is 6.11. The van der Waals surface area contributed by atoms with Gasteiger partial charge in [-0.05, 0) is 48.5 Å². The number of benzene rings is 2. The van der Waals surface area contributed by atoms with Gasteiger partial charge in [-0.2, -0.15) is 5.11 Å². The standard InChI is InChI=1S/C25H28FN5O3/c26-20-2-4-21(5-3-20)28-18-25(30-27)24-7-1-19-17-22(6-8-23(19)29-24)34-16-15-33-14-11-31-9-12-32-13-10-31/h1-8,17-18,27-28H,9-16H2/b25-18-,30-27?. The van der Waals surface area contributed by atoms with Crippen LogP contribution in [-0.4, -0.2) is 62.6 Å². The van der Waals surface area contributed by atoms with E-state index in [2.05, 4.69) is 20.3 Å². The van der Waals surface area contributed by atoms with Crippen molar-refractivity contribution in [1.29, 1.82) is 5.53 Å². The molecule has 8 nitrogen and oxygen atoms in total. The molecule has 0 aliphatic carbocycles. The summed E-state index contributed by atoms with van der Waals surface area (Å²) in [5.41, 5.74) is 9.87. The topological polar surface area (TPSA) is 92.1 Å². The third kappa shape index (κ3) is 6.80. The van der Waals surface area contributed by atoms with Crippen LogP contribution in [0.4, 0.5) is 10.1 Å². The average molecular weight is 466 g/mol. The third-order valence-electron chi connectivity index (χ3n) is 5.42. The van der Waals surface area contributed by atoms with E-state index in [9.17, 15) is 4.39 Å². The van der Waals surface area contributed by atoms with Gasteiger partial charge in [0.05, 0.1) is 37.6 Å². The molecular formula is C25H28FN5O3. The lowest BCUT2D eigenvalue weighted by Crippen LogP contribution is -2.38. The number of halogens is 1. The van der Waals surface area contributed by atoms with Gasteiger partial charge in [0.2, 0.25) is 0 Å². The van der Waals surface area contributed by atoms with Crippen molar-refractivity contribution in [2.45, 2.75) is 0 Å². The average Bonchev–Trinajstić information content (AvgIpc) is 2.88. The number of anilines is 1. The molecule has 2 aromatic carbocycles. The second-order valence-corrected chi connectivity index (χ2v) is 7.76. The Balaban J connectivity index is 1.28. The minimum Gasteiger partial charge on any atom is -0.491 e. The molecule has 2 N–H and O–H groups in total. The van der Waals surface area contributed by atoms with Crippen molar-refractivity contribution in [1.82, 2.24) is 9.88 Å². The first-order valence-corrected chi connectivity index (χ1v) is 11.2. The summed E-state index contributed by atoms with van der Waals surface area (Å²) in [6.07, 6.45) is 1.57. The predicted octanol–water partition coefficient (Wildman–Crippen LogP) is 4.54. The SMILES string of the molecule is N=N/C(=C\Nc1ccc(F)cc1)c1ccc2cc(OCCOCCN3CCOCC3)ccc2n1. The Morgan fingerprint density at radius 1 is 1.09 bits per heavy atom. The van der Waals surface area contributed by atoms with E-state index in [1.54, 1.807) is 24.4 Å². The van der Waals surface area contributed by atoms with Gasteiger partial charge in [-0.1, -0.05) is 6.07 Å². The second kappa shape index (κ2) is 12.2. The van der Waals surface area contributed by atoms with Crippen molar-refractivity contribution in [2.75, 3.05) is 58.0 Å². The van der Waals surface area contributed by atoms with Gasteiger partial charge in [0, 0.05) is 36.9 Å². The fourth-order valence-corrected chi connectivity index (χ4v) is 3.54. The zero-order valence-electron chi connectivity index (χ0n) is 18.9. The molecule has 0 spiro atoms. The Bertz CT molecular complexity index is 1120. The highest BCUT2D eigenvalue weighted by Crippen LogP contribution is 2.23. The molecule has 0 bridgehead atoms. The second-order valence-electron chi connectivity index (χ2n) is 7.76. The van der Waals surface area contributed by atoms with Crippen LogP contribution in [0.15, 0.2) is 65.9 Å². The van der Waals surface area contributed by atoms with E-state index in [0.29, 0.717) is 36.9 Å². The van der Waals surface area contributed by atoms with Gasteiger partial charge in [-0.15, -0.1) is 0 Å². The van der Waals surface area contributed by atoms with Crippen LogP contribution in [0.5, 0.6) is 5.75 Å². The van der Waals surface area contributed by atoms with Crippen molar-refractivity contribution < 1.29 is 18.6 Å². The van der Waals surface area contributed by atoms with E-state index < -0.39 is 0 Å². The number of nitrogens with zero attached hydrogens (tertiary/aromatic N) is 3. The lowest BCUT2D eigenvalue weighted by molar-refractivity contribution is 0.0170. The molecule has 2 heterocycles. The van der Waals surface area contributed by atoms with Gasteiger partial charge < -0.3 is 19.5 Å². The van der Waals surface area contributed by atoms with Gasteiger partial charge in [0.15, 0.2) is 0 Å². The Kier molecular flexibility index (Phi) is 8.50. The Labute approximate surface area is 197 Å². The summed E-state index contributed by atoms with van der Waals surface area (Å²) in [7, 11) is 0. The minimum atomic E-state index is -0.309. The van der Waals surface area contributed by atoms with E-state index in [0.717, 1.165) is 49.5 Å². The molecule has 4 rings (SSSR count). The molecule has 0 saturated carbocycles. The van der Waals surface area contributed by atoms with Crippen molar-refractivity contribution in [3.05, 3.63) is 72.3 Å². The molecule has 178 valence electrons. The molecule has 0 radical (unpaired) electrons. The minimum absolute atomic E-state index is 0.309. The van der Waals surface area contributed by atoms with Gasteiger partial charge in [0.1, 0.15) is 23.9 Å². The first kappa shape index (κ1) is 23.7. The van der Waals surface area contributed by atoms with Gasteiger partial charge >= 0.3 is 0 Å². The molecule has 0 unspecified atom stereocenters. The van der Waals surface area contributed by atoms with Crippen LogP contribution < -0.4 is 10.1 Å². The molecule has 1 aliphatic heterocycles. The molecule has 0 atom stereocenters. The zero-order chi connectivity index (χ0) is 23.6. The summed E-state index contributed by atoms with van der Waals surface area (Å²) in [4.78, 5) is 6.94. The Hall–Kier alpha value is -3.40. The first-order chi connectivity index (χ1) is 16.7. The maximum atomic E-state index is 13.1. The van der Waals surface area contributed by atoms with E-state index in [1.807, 2.05) is 24.3 Å². The summed E-state index contributed by atoms with van der Waals surface area (Å²) < 4.78 is 29.9. The number of nitrogens with one attached hydrogen (secondary N) is 2. The summed E-state index contributed by atoms with van der Waals surface area (Å²) >= 11 is 0. The normalized spacial score (nSPS) is 14.8. The lowest BCUT2D eigenvalue weighted by atomic mass is 10.1. The van der Waals surface area contributed by atoms with Gasteiger partial charge in [-0.25, -0.2) is 14.9 Å². The van der Waals surface area contributed by atoms with Crippen LogP contribution >= 0.6 is 0 Å². The van der Waals surface area contributed by atoms with Gasteiger partial charge in [0.25, 0.3) is 0 Å². The third-order valence-corrected chi connectivity index (χ3v) is 5.42. The highest BCUT2D eigenvalue weighted by Gasteiger charge is 2.09. The smallest absolute Gasteiger partial charge is 0.127 e. The summed E-state index contributed by atoms with van der Waals surface area (Å²) in [5, 5.41) is 7.51. The van der Waals surface area contributed by atoms with Crippen molar-refractivity contribution in [2.24, 2.45) is 5.11 Å². The molecule has 1 aliphatic rings. The molecule has 0 amide bonds. The van der Waals surface area contributed by atoms with E-state index in [4.69, 9.17) is 19.7 Å². The maximum Gasteiger partial charge on any atom is 0.127 e. The first-order valence-electron chi connectivity index (χ1n) is 11.2. The number of ether oxygens (including phenoxy) is 3. The molecule has 3 aromatic rings. The van der Waals surface area contributed by atoms with Crippen LogP contribution in [0.25, 0.3) is 16.6 Å². The van der Waals surface area contributed by atoms with Crippen molar-refractivity contribution in [3.63, 3.8) is 0 Å². The number of rotatable bonds is 11. The van der Waals surface area contributed by atoms with Gasteiger partial charge in [-0.3, -0.25) is 4.90 Å². The number of pyridine rings is 1. The Morgan fingerprint density at radius 3 is 2.71 bits per heavy atom. The fraction of sp³-hybridized carbons (Fsp3) is 0.320. The maximum absolute atomic E-state index is 13.1. The Morgan fingerprint density at radius 2 is 1.91 bits per heavy atom. The van der Waals surface area contributed by atoms with Crippen LogP contribution in [0, 0.1) is 11.3 Å². The monoisotopic (exact) mass is 465 g/mol. The summed E-state index contributed by atoms with van der Waals surface area (Å²) in [6, 6.07) is 15.3. The van der Waals surface area contributed by atoms with Crippen LogP contribution in [0.2, 0.25) is 0 Å². The highest BCUT2D eigenvalue weighted by atomic mass is 19.1. The molecule has 34 heavy (non-hydrogen) atoms. The molecule has 9 heteroatoms. The van der Waals surface area contributed by atoms with E-state index in [1.165, 1.54) is 12.1 Å². The highest BCUT2D eigenvalue weighted by molar-refractivity contribution is 5.82. The molecular weight excluding hydrogens is 437 g/mol. The van der Waals surface area contributed by atoms with Crippen molar-refractivity contribution in [3.8, 4) is 5.75 Å². The molecule has 1 fully saturated rings. The molecule has 1 aromatic heterocycles. The predicted molar refractivity (Wildman–Crippen MR) is 128 cm³/mol. The summed E-state index contributed by atoms with van der Waals surface area (Å²) in [5.74, 6) is 0.438. The van der Waals surface area contributed by atoms with Crippen LogP contribution in [0.1, 0.15) is 5.69 Å². The van der Waals surface area contributed by atoms with Crippen molar-refractivity contribution >= 4 is 22.3 Å². The largest absolute Gasteiger partial charge is 0.491 e. The van der Waals surface area contributed by atoms with E-state index in [-0.39, 0.29) is 5.82 Å². The molecule has 1 saturated heterocycles. The number of aromatic nitrogens is 1. The van der Waals surface area contributed by atoms with E-state index >= 15 is 0 Å². The fourth-order valence-electron chi connectivity index (χ4n) is 3.54. The number of hydrogen-bond donors (Lipinski definition) is 2. The zero-order valence-corrected chi connectivity index (χ0v) is 18.9. The van der Waals surface area contributed by atoms with Crippen LogP contribution in [0.3, 0.4) is 0 Å². The quantitative estimate of drug-likeness (QED) is 0.319. The number of hydrogen-bond acceptors (Lipinski definition) is 8. The lowest BCUT2D eigenvalue weighted by Gasteiger charge is -2.26. The van der Waals surface area contributed by atoms with Crippen LogP contribution in [-0.2, 0) is 9.47 Å². The number of morpholine rings is 1.